The van der Waals surface area contributed by atoms with Gasteiger partial charge in [0.2, 0.25) is 11.8 Å². The monoisotopic (exact) mass is 302 g/mol. The van der Waals surface area contributed by atoms with Crippen LogP contribution in [0.25, 0.3) is 0 Å². The van der Waals surface area contributed by atoms with E-state index in [1.807, 2.05) is 0 Å². The maximum atomic E-state index is 12.5. The van der Waals surface area contributed by atoms with Crippen molar-refractivity contribution in [3.8, 4) is 0 Å². The summed E-state index contributed by atoms with van der Waals surface area (Å²) >= 11 is 0. The highest BCUT2D eigenvalue weighted by atomic mass is 16.3. The first-order valence-electron chi connectivity index (χ1n) is 6.87. The van der Waals surface area contributed by atoms with Crippen molar-refractivity contribution in [3.63, 3.8) is 0 Å². The molecule has 1 aliphatic carbocycles. The van der Waals surface area contributed by atoms with E-state index in [0.717, 1.165) is 4.90 Å². The van der Waals surface area contributed by atoms with E-state index >= 15 is 0 Å². The number of amides is 4. The number of piperidine rings is 1. The number of nitrogens with one attached hydrogen (secondary N) is 1. The van der Waals surface area contributed by atoms with Gasteiger partial charge in [-0.25, -0.2) is 0 Å². The Morgan fingerprint density at radius 1 is 1.14 bits per heavy atom. The third kappa shape index (κ3) is 2.19. The Morgan fingerprint density at radius 3 is 2.18 bits per heavy atom. The van der Waals surface area contributed by atoms with Gasteiger partial charge in [-0.3, -0.25) is 29.4 Å². The Labute approximate surface area is 126 Å². The van der Waals surface area contributed by atoms with Crippen molar-refractivity contribution in [3.05, 3.63) is 35.5 Å². The van der Waals surface area contributed by atoms with Crippen LogP contribution in [0.3, 0.4) is 0 Å². The summed E-state index contributed by atoms with van der Waals surface area (Å²) in [6, 6.07) is -0.980. The quantitative estimate of drug-likeness (QED) is 0.625. The van der Waals surface area contributed by atoms with Gasteiger partial charge >= 0.3 is 0 Å². The van der Waals surface area contributed by atoms with Crippen molar-refractivity contribution in [2.75, 3.05) is 0 Å². The zero-order valence-electron chi connectivity index (χ0n) is 11.8. The summed E-state index contributed by atoms with van der Waals surface area (Å²) in [6.45, 7) is 1.52. The molecule has 2 aliphatic heterocycles. The molecule has 0 saturated carbocycles. The van der Waals surface area contributed by atoms with Gasteiger partial charge in [0.05, 0.1) is 16.7 Å². The third-order valence-corrected chi connectivity index (χ3v) is 3.89. The normalized spacial score (nSPS) is 27.2. The predicted octanol–water partition coefficient (Wildman–Crippen LogP) is -0.666. The van der Waals surface area contributed by atoms with E-state index in [-0.39, 0.29) is 24.0 Å². The molecule has 4 amide bonds. The van der Waals surface area contributed by atoms with Crippen LogP contribution in [0.2, 0.25) is 0 Å². The van der Waals surface area contributed by atoms with Crippen LogP contribution in [0.1, 0.15) is 19.8 Å². The first kappa shape index (κ1) is 14.4. The van der Waals surface area contributed by atoms with Crippen LogP contribution in [-0.4, -0.2) is 45.3 Å². The van der Waals surface area contributed by atoms with Crippen molar-refractivity contribution >= 4 is 23.6 Å². The van der Waals surface area contributed by atoms with Crippen molar-refractivity contribution in [2.24, 2.45) is 0 Å². The third-order valence-electron chi connectivity index (χ3n) is 3.89. The zero-order valence-corrected chi connectivity index (χ0v) is 11.8. The SMILES string of the molecule is CC1(O)C=CC2=C(C=C1)C(=O)N(C1CCC(=O)NC1=O)C2=O. The van der Waals surface area contributed by atoms with Gasteiger partial charge in [0, 0.05) is 6.42 Å². The van der Waals surface area contributed by atoms with Gasteiger partial charge < -0.3 is 5.11 Å². The summed E-state index contributed by atoms with van der Waals surface area (Å²) in [5, 5.41) is 12.1. The van der Waals surface area contributed by atoms with E-state index in [2.05, 4.69) is 5.32 Å². The molecule has 2 N–H and O–H groups in total. The van der Waals surface area contributed by atoms with Crippen LogP contribution >= 0.6 is 0 Å². The standard InChI is InChI=1S/C15H14N2O5/c1-15(22)6-4-8-9(5-7-15)14(21)17(13(8)20)10-2-3-11(18)16-12(10)19/h4-7,10,22H,2-3H2,1H3,(H,16,18,19). The molecule has 0 aromatic carbocycles. The molecule has 0 spiro atoms. The number of aliphatic hydroxyl groups is 1. The largest absolute Gasteiger partial charge is 0.382 e. The van der Waals surface area contributed by atoms with Crippen LogP contribution in [0.4, 0.5) is 0 Å². The molecule has 22 heavy (non-hydrogen) atoms. The molecule has 0 aromatic rings. The smallest absolute Gasteiger partial charge is 0.262 e. The number of nitrogens with zero attached hydrogens (tertiary/aromatic N) is 1. The summed E-state index contributed by atoms with van der Waals surface area (Å²) in [6.07, 6.45) is 5.80. The fourth-order valence-corrected chi connectivity index (χ4v) is 2.68. The molecule has 0 bridgehead atoms. The second kappa shape index (κ2) is 4.74. The highest BCUT2D eigenvalue weighted by Gasteiger charge is 2.45. The van der Waals surface area contributed by atoms with Crippen molar-refractivity contribution in [1.29, 1.82) is 0 Å². The first-order valence-corrected chi connectivity index (χ1v) is 6.87. The van der Waals surface area contributed by atoms with Crippen LogP contribution in [0.15, 0.2) is 35.5 Å². The average Bonchev–Trinajstić information content (AvgIpc) is 2.56. The average molecular weight is 302 g/mol. The lowest BCUT2D eigenvalue weighted by Gasteiger charge is -2.28. The van der Waals surface area contributed by atoms with Crippen LogP contribution in [-0.2, 0) is 19.2 Å². The molecular formula is C15H14N2O5. The van der Waals surface area contributed by atoms with Gasteiger partial charge in [-0.05, 0) is 37.6 Å². The minimum Gasteiger partial charge on any atom is -0.382 e. The molecule has 0 radical (unpaired) electrons. The number of hydrogen-bond acceptors (Lipinski definition) is 5. The second-order valence-corrected chi connectivity index (χ2v) is 5.67. The van der Waals surface area contributed by atoms with E-state index in [4.69, 9.17) is 0 Å². The Hall–Kier alpha value is -2.54. The number of carbonyl (C=O) groups excluding carboxylic acids is 4. The van der Waals surface area contributed by atoms with Gasteiger partial charge in [-0.2, -0.15) is 0 Å². The molecule has 114 valence electrons. The lowest BCUT2D eigenvalue weighted by molar-refractivity contribution is -0.149. The van der Waals surface area contributed by atoms with Crippen LogP contribution in [0, 0.1) is 0 Å². The summed E-state index contributed by atoms with van der Waals surface area (Å²) < 4.78 is 0. The van der Waals surface area contributed by atoms with Gasteiger partial charge in [0.1, 0.15) is 6.04 Å². The summed E-state index contributed by atoms with van der Waals surface area (Å²) in [5.74, 6) is -2.23. The fraction of sp³-hybridized carbons (Fsp3) is 0.333. The van der Waals surface area contributed by atoms with E-state index in [1.54, 1.807) is 0 Å². The first-order chi connectivity index (χ1) is 10.3. The van der Waals surface area contributed by atoms with Gasteiger partial charge in [0.25, 0.3) is 11.8 Å². The summed E-state index contributed by atoms with van der Waals surface area (Å²) in [4.78, 5) is 48.9. The van der Waals surface area contributed by atoms with Gasteiger partial charge in [-0.15, -0.1) is 0 Å². The number of rotatable bonds is 1. The molecule has 0 aromatic heterocycles. The minimum atomic E-state index is -1.25. The molecule has 7 nitrogen and oxygen atoms in total. The lowest BCUT2D eigenvalue weighted by Crippen LogP contribution is -2.54. The van der Waals surface area contributed by atoms with Gasteiger partial charge in [-0.1, -0.05) is 0 Å². The second-order valence-electron chi connectivity index (χ2n) is 5.67. The van der Waals surface area contributed by atoms with E-state index in [9.17, 15) is 24.3 Å². The minimum absolute atomic E-state index is 0.0819. The maximum absolute atomic E-state index is 12.5. The topological polar surface area (TPSA) is 104 Å². The highest BCUT2D eigenvalue weighted by molar-refractivity contribution is 6.24. The molecule has 1 unspecified atom stereocenters. The zero-order chi connectivity index (χ0) is 16.1. The van der Waals surface area contributed by atoms with E-state index in [0.29, 0.717) is 0 Å². The van der Waals surface area contributed by atoms with E-state index < -0.39 is 35.3 Å². The summed E-state index contributed by atoms with van der Waals surface area (Å²) in [5.41, 5.74) is -0.961. The molecule has 1 saturated heterocycles. The summed E-state index contributed by atoms with van der Waals surface area (Å²) in [7, 11) is 0. The lowest BCUT2D eigenvalue weighted by atomic mass is 10.0. The number of carbonyl (C=O) groups is 4. The fourth-order valence-electron chi connectivity index (χ4n) is 2.68. The Bertz CT molecular complexity index is 661. The number of imide groups is 2. The van der Waals surface area contributed by atoms with E-state index in [1.165, 1.54) is 31.2 Å². The molecular weight excluding hydrogens is 288 g/mol. The van der Waals surface area contributed by atoms with Gasteiger partial charge in [0.15, 0.2) is 0 Å². The Balaban J connectivity index is 1.93. The van der Waals surface area contributed by atoms with Crippen molar-refractivity contribution in [1.82, 2.24) is 10.2 Å². The highest BCUT2D eigenvalue weighted by Crippen LogP contribution is 2.30. The van der Waals surface area contributed by atoms with Crippen LogP contribution in [0.5, 0.6) is 0 Å². The molecule has 7 heteroatoms. The molecule has 2 heterocycles. The van der Waals surface area contributed by atoms with Crippen LogP contribution < -0.4 is 5.32 Å². The maximum Gasteiger partial charge on any atom is 0.262 e. The molecule has 3 aliphatic rings. The Morgan fingerprint density at radius 2 is 1.68 bits per heavy atom. The predicted molar refractivity (Wildman–Crippen MR) is 74.0 cm³/mol. The molecule has 3 rings (SSSR count). The van der Waals surface area contributed by atoms with Crippen molar-refractivity contribution < 1.29 is 24.3 Å². The van der Waals surface area contributed by atoms with Crippen molar-refractivity contribution in [2.45, 2.75) is 31.4 Å². The molecule has 1 fully saturated rings. The number of hydrogen-bond donors (Lipinski definition) is 2. The molecule has 1 atom stereocenters. The Kier molecular flexibility index (Phi) is 3.10.